The van der Waals surface area contributed by atoms with Crippen molar-refractivity contribution in [1.29, 1.82) is 0 Å². The number of nitrogens with one attached hydrogen (secondary N) is 1. The summed E-state index contributed by atoms with van der Waals surface area (Å²) >= 11 is 0. The molecule has 1 heterocycles. The van der Waals surface area contributed by atoms with Crippen LogP contribution in [0.3, 0.4) is 0 Å². The van der Waals surface area contributed by atoms with Gasteiger partial charge in [-0.3, -0.25) is 19.3 Å². The topological polar surface area (TPSA) is 79.0 Å². The summed E-state index contributed by atoms with van der Waals surface area (Å²) in [5.41, 5.74) is 2.08. The third-order valence-corrected chi connectivity index (χ3v) is 5.80. The molecular formula is C25H28F3N3O4. The molecule has 0 aliphatic carbocycles. The van der Waals surface area contributed by atoms with E-state index in [2.05, 4.69) is 5.32 Å². The molecule has 1 saturated heterocycles. The van der Waals surface area contributed by atoms with E-state index in [9.17, 15) is 27.6 Å². The molecule has 35 heavy (non-hydrogen) atoms. The van der Waals surface area contributed by atoms with E-state index in [0.29, 0.717) is 26.2 Å². The Morgan fingerprint density at radius 3 is 2.23 bits per heavy atom. The van der Waals surface area contributed by atoms with E-state index >= 15 is 0 Å². The van der Waals surface area contributed by atoms with Gasteiger partial charge in [0.1, 0.15) is 0 Å². The van der Waals surface area contributed by atoms with Crippen molar-refractivity contribution in [1.82, 2.24) is 9.80 Å². The Morgan fingerprint density at radius 1 is 0.971 bits per heavy atom. The quantitative estimate of drug-likeness (QED) is 0.602. The van der Waals surface area contributed by atoms with Crippen LogP contribution in [0.5, 0.6) is 0 Å². The third-order valence-electron chi connectivity index (χ3n) is 5.80. The molecule has 2 aromatic rings. The van der Waals surface area contributed by atoms with Gasteiger partial charge in [-0.15, -0.1) is 0 Å². The Bertz CT molecular complexity index is 1060. The molecule has 0 unspecified atom stereocenters. The normalized spacial score (nSPS) is 14.5. The summed E-state index contributed by atoms with van der Waals surface area (Å²) in [6.07, 6.45) is -4.86. The molecule has 2 amide bonds. The molecule has 1 N–H and O–H groups in total. The van der Waals surface area contributed by atoms with Crippen LogP contribution in [0.25, 0.3) is 0 Å². The largest absolute Gasteiger partial charge is 0.455 e. The molecule has 0 saturated carbocycles. The summed E-state index contributed by atoms with van der Waals surface area (Å²) in [4.78, 5) is 40.3. The Morgan fingerprint density at radius 2 is 1.60 bits per heavy atom. The molecule has 7 nitrogen and oxygen atoms in total. The van der Waals surface area contributed by atoms with Gasteiger partial charge in [-0.05, 0) is 36.6 Å². The number of alkyl halides is 3. The van der Waals surface area contributed by atoms with Crippen molar-refractivity contribution < 1.29 is 32.3 Å². The van der Waals surface area contributed by atoms with E-state index in [1.807, 2.05) is 36.9 Å². The SMILES string of the molecule is Cc1cccc(C)c1NC(=O)CN1CCN(C(=O)COC(=O)Cc2cccc(C(F)(F)F)c2)CC1. The molecule has 188 valence electrons. The maximum absolute atomic E-state index is 12.8. The average Bonchev–Trinajstić information content (AvgIpc) is 2.80. The van der Waals surface area contributed by atoms with Crippen LogP contribution in [-0.4, -0.2) is 66.9 Å². The van der Waals surface area contributed by atoms with Crippen molar-refractivity contribution in [3.05, 3.63) is 64.7 Å². The van der Waals surface area contributed by atoms with Gasteiger partial charge in [0.25, 0.3) is 5.91 Å². The van der Waals surface area contributed by atoms with Gasteiger partial charge >= 0.3 is 12.1 Å². The molecule has 10 heteroatoms. The fourth-order valence-corrected chi connectivity index (χ4v) is 3.86. The second-order valence-corrected chi connectivity index (χ2v) is 8.51. The maximum Gasteiger partial charge on any atom is 0.416 e. The van der Waals surface area contributed by atoms with E-state index in [4.69, 9.17) is 4.74 Å². The van der Waals surface area contributed by atoms with Crippen LogP contribution in [0.15, 0.2) is 42.5 Å². The predicted molar refractivity (Wildman–Crippen MR) is 124 cm³/mol. The molecule has 0 bridgehead atoms. The number of hydrogen-bond acceptors (Lipinski definition) is 5. The predicted octanol–water partition coefficient (Wildman–Crippen LogP) is 3.19. The lowest BCUT2D eigenvalue weighted by Gasteiger charge is -2.34. The minimum Gasteiger partial charge on any atom is -0.455 e. The van der Waals surface area contributed by atoms with Gasteiger partial charge < -0.3 is 15.0 Å². The zero-order chi connectivity index (χ0) is 25.6. The highest BCUT2D eigenvalue weighted by molar-refractivity contribution is 5.93. The molecule has 0 atom stereocenters. The first kappa shape index (κ1) is 26.2. The second-order valence-electron chi connectivity index (χ2n) is 8.51. The number of hydrogen-bond donors (Lipinski definition) is 1. The van der Waals surface area contributed by atoms with Crippen molar-refractivity contribution in [2.24, 2.45) is 0 Å². The number of anilines is 1. The van der Waals surface area contributed by atoms with Gasteiger partial charge in [0.05, 0.1) is 18.5 Å². The van der Waals surface area contributed by atoms with E-state index in [1.165, 1.54) is 17.0 Å². The number of carbonyl (C=O) groups is 3. The summed E-state index contributed by atoms with van der Waals surface area (Å²) in [6.45, 7) is 5.31. The van der Waals surface area contributed by atoms with Crippen LogP contribution in [0, 0.1) is 13.8 Å². The van der Waals surface area contributed by atoms with Crippen LogP contribution < -0.4 is 5.32 Å². The van der Waals surface area contributed by atoms with Gasteiger partial charge in [-0.2, -0.15) is 13.2 Å². The number of amides is 2. The minimum absolute atomic E-state index is 0.134. The standard InChI is InChI=1S/C25H28F3N3O4/c1-17-5-3-6-18(2)24(17)29-21(32)15-30-9-11-31(12-10-30)22(33)16-35-23(34)14-19-7-4-8-20(13-19)25(26,27)28/h3-8,13H,9-12,14-16H2,1-2H3,(H,29,32). The Kier molecular flexibility index (Phi) is 8.50. The monoisotopic (exact) mass is 491 g/mol. The van der Waals surface area contributed by atoms with E-state index in [1.54, 1.807) is 0 Å². The van der Waals surface area contributed by atoms with Gasteiger partial charge in [-0.1, -0.05) is 36.4 Å². The molecule has 1 fully saturated rings. The zero-order valence-corrected chi connectivity index (χ0v) is 19.7. The minimum atomic E-state index is -4.50. The Hall–Kier alpha value is -3.40. The number of benzene rings is 2. The Balaban J connectivity index is 1.40. The summed E-state index contributed by atoms with van der Waals surface area (Å²) in [5, 5.41) is 2.94. The van der Waals surface area contributed by atoms with Crippen molar-refractivity contribution in [2.45, 2.75) is 26.4 Å². The zero-order valence-electron chi connectivity index (χ0n) is 19.7. The van der Waals surface area contributed by atoms with Crippen LogP contribution in [-0.2, 0) is 31.7 Å². The lowest BCUT2D eigenvalue weighted by Crippen LogP contribution is -2.51. The molecule has 1 aliphatic rings. The first-order chi connectivity index (χ1) is 16.5. The number of esters is 1. The smallest absolute Gasteiger partial charge is 0.416 e. The average molecular weight is 492 g/mol. The fourth-order valence-electron chi connectivity index (χ4n) is 3.86. The van der Waals surface area contributed by atoms with E-state index in [-0.39, 0.29) is 30.3 Å². The highest BCUT2D eigenvalue weighted by Crippen LogP contribution is 2.29. The molecule has 0 spiro atoms. The molecule has 2 aromatic carbocycles. The molecule has 0 radical (unpaired) electrons. The number of para-hydroxylation sites is 1. The summed E-state index contributed by atoms with van der Waals surface area (Å²) in [5.74, 6) is -1.30. The summed E-state index contributed by atoms with van der Waals surface area (Å²) in [6, 6.07) is 10.2. The highest BCUT2D eigenvalue weighted by Gasteiger charge is 2.30. The van der Waals surface area contributed by atoms with Crippen molar-refractivity contribution in [3.63, 3.8) is 0 Å². The van der Waals surface area contributed by atoms with Gasteiger partial charge in [-0.25, -0.2) is 0 Å². The van der Waals surface area contributed by atoms with Gasteiger partial charge in [0.15, 0.2) is 6.61 Å². The number of piperazine rings is 1. The van der Waals surface area contributed by atoms with Crippen molar-refractivity contribution in [2.75, 3.05) is 44.6 Å². The molecular weight excluding hydrogens is 463 g/mol. The number of rotatable bonds is 7. The lowest BCUT2D eigenvalue weighted by molar-refractivity contribution is -0.152. The van der Waals surface area contributed by atoms with Crippen molar-refractivity contribution >= 4 is 23.5 Å². The third kappa shape index (κ3) is 7.54. The van der Waals surface area contributed by atoms with Crippen LogP contribution in [0.4, 0.5) is 18.9 Å². The van der Waals surface area contributed by atoms with Crippen LogP contribution in [0.2, 0.25) is 0 Å². The number of halogens is 3. The fraction of sp³-hybridized carbons (Fsp3) is 0.400. The summed E-state index contributed by atoms with van der Waals surface area (Å²) < 4.78 is 43.4. The number of nitrogens with zero attached hydrogens (tertiary/aromatic N) is 2. The highest BCUT2D eigenvalue weighted by atomic mass is 19.4. The van der Waals surface area contributed by atoms with Gasteiger partial charge in [0, 0.05) is 31.9 Å². The lowest BCUT2D eigenvalue weighted by atomic mass is 10.1. The first-order valence-corrected chi connectivity index (χ1v) is 11.2. The maximum atomic E-state index is 12.8. The van der Waals surface area contributed by atoms with Crippen LogP contribution in [0.1, 0.15) is 22.3 Å². The molecule has 3 rings (SSSR count). The number of ether oxygens (including phenoxy) is 1. The Labute approximate surface area is 201 Å². The van der Waals surface area contributed by atoms with Crippen molar-refractivity contribution in [3.8, 4) is 0 Å². The first-order valence-electron chi connectivity index (χ1n) is 11.2. The van der Waals surface area contributed by atoms with Gasteiger partial charge in [0.2, 0.25) is 5.91 Å². The molecule has 0 aromatic heterocycles. The number of aryl methyl sites for hydroxylation is 2. The van der Waals surface area contributed by atoms with E-state index in [0.717, 1.165) is 28.9 Å². The second kappa shape index (κ2) is 11.4. The summed E-state index contributed by atoms with van der Waals surface area (Å²) in [7, 11) is 0. The van der Waals surface area contributed by atoms with E-state index < -0.39 is 24.3 Å². The van der Waals surface area contributed by atoms with Crippen LogP contribution >= 0.6 is 0 Å². The molecule has 1 aliphatic heterocycles. The number of carbonyl (C=O) groups excluding carboxylic acids is 3.